The predicted molar refractivity (Wildman–Crippen MR) is 107 cm³/mol. The van der Waals surface area contributed by atoms with Gasteiger partial charge in [-0.25, -0.2) is 8.42 Å². The fourth-order valence-electron chi connectivity index (χ4n) is 3.42. The molecule has 0 aliphatic rings. The Morgan fingerprint density at radius 2 is 1.33 bits per heavy atom. The Bertz CT molecular complexity index is 842. The summed E-state index contributed by atoms with van der Waals surface area (Å²) in [6.07, 6.45) is 1.45. The minimum Gasteiger partial charge on any atom is -0.496 e. The smallest absolute Gasteiger partial charge is 0.185 e. The van der Waals surface area contributed by atoms with Crippen molar-refractivity contribution in [1.29, 1.82) is 0 Å². The highest BCUT2D eigenvalue weighted by atomic mass is 32.2. The number of rotatable bonds is 9. The Hall–Kier alpha value is -2.21. The lowest BCUT2D eigenvalue weighted by atomic mass is 9.93. The first-order valence-electron chi connectivity index (χ1n) is 9.03. The molecule has 0 aliphatic carbocycles. The van der Waals surface area contributed by atoms with Crippen molar-refractivity contribution in [3.63, 3.8) is 0 Å². The molecule has 0 aromatic heterocycles. The van der Waals surface area contributed by atoms with Gasteiger partial charge in [-0.05, 0) is 24.1 Å². The first-order chi connectivity index (χ1) is 12.9. The van der Waals surface area contributed by atoms with Crippen LogP contribution < -0.4 is 14.2 Å². The van der Waals surface area contributed by atoms with Gasteiger partial charge in [-0.15, -0.1) is 0 Å². The first-order valence-corrected chi connectivity index (χ1v) is 10.6. The van der Waals surface area contributed by atoms with Gasteiger partial charge in [0.15, 0.2) is 21.3 Å². The van der Waals surface area contributed by atoms with Crippen LogP contribution in [-0.4, -0.2) is 29.7 Å². The number of hydrogen-bond donors (Lipinski definition) is 0. The summed E-state index contributed by atoms with van der Waals surface area (Å²) in [6, 6.07) is 12.0. The molecule has 148 valence electrons. The minimum atomic E-state index is -3.63. The van der Waals surface area contributed by atoms with Gasteiger partial charge >= 0.3 is 0 Å². The number of benzene rings is 2. The zero-order chi connectivity index (χ0) is 20.0. The number of ether oxygens (including phenoxy) is 3. The molecule has 2 aromatic rings. The molecule has 0 radical (unpaired) electrons. The summed E-state index contributed by atoms with van der Waals surface area (Å²) in [7, 11) is 0.972. The van der Waals surface area contributed by atoms with Gasteiger partial charge in [0.2, 0.25) is 0 Å². The normalized spacial score (nSPS) is 12.7. The molecule has 0 spiro atoms. The van der Waals surface area contributed by atoms with Gasteiger partial charge in [-0.2, -0.15) is 0 Å². The Morgan fingerprint density at radius 1 is 0.815 bits per heavy atom. The van der Waals surface area contributed by atoms with E-state index < -0.39 is 15.1 Å². The third-order valence-corrected chi connectivity index (χ3v) is 7.16. The molecule has 0 N–H and O–H groups in total. The van der Waals surface area contributed by atoms with Crippen LogP contribution in [0.25, 0.3) is 0 Å². The average molecular weight is 393 g/mol. The molecular formula is C21H28O5S. The van der Waals surface area contributed by atoms with Crippen LogP contribution in [0.15, 0.2) is 47.4 Å². The van der Waals surface area contributed by atoms with Gasteiger partial charge in [0.1, 0.15) is 5.75 Å². The highest BCUT2D eigenvalue weighted by molar-refractivity contribution is 7.91. The molecule has 1 unspecified atom stereocenters. The zero-order valence-electron chi connectivity index (χ0n) is 16.6. The Balaban J connectivity index is 2.76. The van der Waals surface area contributed by atoms with Crippen molar-refractivity contribution in [2.24, 2.45) is 5.92 Å². The van der Waals surface area contributed by atoms with Crippen LogP contribution in [0.5, 0.6) is 17.2 Å². The monoisotopic (exact) mass is 392 g/mol. The number of sulfone groups is 1. The molecule has 0 heterocycles. The molecule has 0 bridgehead atoms. The molecule has 5 nitrogen and oxygen atoms in total. The molecular weight excluding hydrogens is 364 g/mol. The van der Waals surface area contributed by atoms with Crippen LogP contribution >= 0.6 is 0 Å². The highest BCUT2D eigenvalue weighted by Gasteiger charge is 2.37. The van der Waals surface area contributed by atoms with E-state index in [2.05, 4.69) is 0 Å². The third-order valence-electron chi connectivity index (χ3n) is 4.93. The molecule has 6 heteroatoms. The van der Waals surface area contributed by atoms with Crippen LogP contribution in [0.2, 0.25) is 0 Å². The molecule has 0 saturated carbocycles. The van der Waals surface area contributed by atoms with Gasteiger partial charge < -0.3 is 14.2 Å². The van der Waals surface area contributed by atoms with E-state index in [1.54, 1.807) is 36.4 Å². The highest BCUT2D eigenvalue weighted by Crippen LogP contribution is 2.46. The van der Waals surface area contributed by atoms with Crippen LogP contribution in [0.4, 0.5) is 0 Å². The number of methoxy groups -OCH3 is 3. The maximum Gasteiger partial charge on any atom is 0.185 e. The summed E-state index contributed by atoms with van der Waals surface area (Å²) in [5.41, 5.74) is 0.590. The Morgan fingerprint density at radius 3 is 1.81 bits per heavy atom. The zero-order valence-corrected chi connectivity index (χ0v) is 17.4. The van der Waals surface area contributed by atoms with E-state index in [0.29, 0.717) is 27.7 Å². The summed E-state index contributed by atoms with van der Waals surface area (Å²) in [5.74, 6) is 1.39. The van der Waals surface area contributed by atoms with Gasteiger partial charge in [-0.3, -0.25) is 0 Å². The van der Waals surface area contributed by atoms with Crippen molar-refractivity contribution < 1.29 is 22.6 Å². The van der Waals surface area contributed by atoms with Gasteiger partial charge in [0.25, 0.3) is 0 Å². The molecule has 1 atom stereocenters. The lowest BCUT2D eigenvalue weighted by Crippen LogP contribution is -2.23. The second-order valence-corrected chi connectivity index (χ2v) is 8.37. The van der Waals surface area contributed by atoms with Crippen molar-refractivity contribution >= 4 is 9.84 Å². The summed E-state index contributed by atoms with van der Waals surface area (Å²) >= 11 is 0. The van der Waals surface area contributed by atoms with E-state index in [-0.39, 0.29) is 5.92 Å². The van der Waals surface area contributed by atoms with E-state index >= 15 is 0 Å². The Labute approximate surface area is 162 Å². The van der Waals surface area contributed by atoms with E-state index in [4.69, 9.17) is 14.2 Å². The average Bonchev–Trinajstić information content (AvgIpc) is 2.71. The fraction of sp³-hybridized carbons (Fsp3) is 0.429. The lowest BCUT2D eigenvalue weighted by Gasteiger charge is -2.28. The number of hydrogen-bond acceptors (Lipinski definition) is 5. The molecule has 2 aromatic carbocycles. The van der Waals surface area contributed by atoms with Crippen molar-refractivity contribution in [2.75, 3.05) is 21.3 Å². The summed E-state index contributed by atoms with van der Waals surface area (Å²) in [4.78, 5) is 0.304. The van der Waals surface area contributed by atoms with Crippen LogP contribution in [-0.2, 0) is 9.84 Å². The second kappa shape index (κ2) is 9.13. The van der Waals surface area contributed by atoms with E-state index in [0.717, 1.165) is 12.8 Å². The van der Waals surface area contributed by atoms with E-state index in [1.165, 1.54) is 21.3 Å². The first kappa shape index (κ1) is 21.1. The molecule has 27 heavy (non-hydrogen) atoms. The lowest BCUT2D eigenvalue weighted by molar-refractivity contribution is 0.345. The summed E-state index contributed by atoms with van der Waals surface area (Å²) in [6.45, 7) is 4.02. The Kier molecular flexibility index (Phi) is 7.13. The maximum atomic E-state index is 13.6. The van der Waals surface area contributed by atoms with Crippen molar-refractivity contribution in [1.82, 2.24) is 0 Å². The molecule has 0 saturated heterocycles. The third kappa shape index (κ3) is 4.21. The van der Waals surface area contributed by atoms with Crippen molar-refractivity contribution in [2.45, 2.75) is 36.8 Å². The fourth-order valence-corrected chi connectivity index (χ4v) is 5.66. The van der Waals surface area contributed by atoms with Gasteiger partial charge in [-0.1, -0.05) is 44.9 Å². The van der Waals surface area contributed by atoms with Crippen molar-refractivity contribution in [3.8, 4) is 17.2 Å². The second-order valence-electron chi connectivity index (χ2n) is 6.30. The topological polar surface area (TPSA) is 61.8 Å². The van der Waals surface area contributed by atoms with E-state index in [1.807, 2.05) is 19.9 Å². The standard InChI is InChI=1S/C21H28O5S/c1-6-15(7-2)21(27(22,23)16-11-9-8-10-12-16)17-13-19(25-4)20(26-5)14-18(17)24-3/h8-15,21H,6-7H2,1-5H3. The minimum absolute atomic E-state index is 0.0674. The summed E-state index contributed by atoms with van der Waals surface area (Å²) in [5, 5.41) is -0.746. The molecule has 0 fully saturated rings. The molecule has 0 amide bonds. The van der Waals surface area contributed by atoms with Crippen LogP contribution in [0.1, 0.15) is 37.5 Å². The van der Waals surface area contributed by atoms with Gasteiger partial charge in [0.05, 0.1) is 31.5 Å². The van der Waals surface area contributed by atoms with Gasteiger partial charge in [0, 0.05) is 11.6 Å². The maximum absolute atomic E-state index is 13.6. The van der Waals surface area contributed by atoms with Crippen molar-refractivity contribution in [3.05, 3.63) is 48.0 Å². The van der Waals surface area contributed by atoms with E-state index in [9.17, 15) is 8.42 Å². The largest absolute Gasteiger partial charge is 0.496 e. The SMILES string of the molecule is CCC(CC)C(c1cc(OC)c(OC)cc1OC)S(=O)(=O)c1ccccc1. The van der Waals surface area contributed by atoms with Crippen LogP contribution in [0.3, 0.4) is 0 Å². The summed E-state index contributed by atoms with van der Waals surface area (Å²) < 4.78 is 43.5. The molecule has 2 rings (SSSR count). The van der Waals surface area contributed by atoms with Crippen LogP contribution in [0, 0.1) is 5.92 Å². The quantitative estimate of drug-likeness (QED) is 0.621. The molecule has 0 aliphatic heterocycles. The predicted octanol–water partition coefficient (Wildman–Crippen LogP) is 4.66.